The lowest BCUT2D eigenvalue weighted by molar-refractivity contribution is -0.267. The van der Waals surface area contributed by atoms with Gasteiger partial charge in [0, 0.05) is 5.69 Å². The van der Waals surface area contributed by atoms with E-state index in [-0.39, 0.29) is 5.69 Å². The summed E-state index contributed by atoms with van der Waals surface area (Å²) >= 11 is 0. The Labute approximate surface area is 133 Å². The highest BCUT2D eigenvalue weighted by Crippen LogP contribution is 2.36. The molecule has 0 aromatic heterocycles. The average molecular weight is 343 g/mol. The van der Waals surface area contributed by atoms with Crippen molar-refractivity contribution in [3.05, 3.63) is 54.6 Å². The van der Waals surface area contributed by atoms with Crippen molar-refractivity contribution >= 4 is 23.0 Å². The summed E-state index contributed by atoms with van der Waals surface area (Å²) < 4.78 is 61.9. The Bertz CT molecular complexity index is 727. The molecule has 126 valence electrons. The van der Waals surface area contributed by atoms with E-state index in [1.165, 1.54) is 17.4 Å². The number of nitrogens with one attached hydrogen (secondary N) is 1. The fourth-order valence-corrected chi connectivity index (χ4v) is 1.56. The molecule has 2 aromatic carbocycles. The van der Waals surface area contributed by atoms with Crippen LogP contribution in [0, 0.1) is 0 Å². The van der Waals surface area contributed by atoms with Gasteiger partial charge in [-0.15, -0.1) is 0 Å². The maximum Gasteiger partial charge on any atom is 0.463 e. The lowest BCUT2D eigenvalue weighted by Crippen LogP contribution is -2.47. The Balaban J connectivity index is 2.05. The molecule has 0 saturated carbocycles. The highest BCUT2D eigenvalue weighted by atomic mass is 19.4. The number of carbonyl (C=O) groups excluding carboxylic acids is 1. The van der Waals surface area contributed by atoms with Gasteiger partial charge in [0.15, 0.2) is 0 Å². The molecule has 0 heterocycles. The quantitative estimate of drug-likeness (QED) is 0.599. The molecule has 0 aliphatic heterocycles. The van der Waals surface area contributed by atoms with E-state index in [0.717, 1.165) is 12.1 Å². The molecule has 0 saturated heterocycles. The second kappa shape index (κ2) is 6.73. The number of benzene rings is 2. The van der Waals surface area contributed by atoms with Gasteiger partial charge in [0.05, 0.1) is 11.4 Å². The fourth-order valence-electron chi connectivity index (χ4n) is 1.56. The molecule has 0 unspecified atom stereocenters. The molecule has 9 heteroatoms. The first-order valence-corrected chi connectivity index (χ1v) is 6.53. The molecule has 0 aliphatic carbocycles. The van der Waals surface area contributed by atoms with Crippen molar-refractivity contribution in [3.8, 4) is 0 Å². The minimum atomic E-state index is -5.96. The summed E-state index contributed by atoms with van der Waals surface area (Å²) in [6.45, 7) is 0. The Morgan fingerprint density at radius 1 is 0.792 bits per heavy atom. The molecule has 0 radical (unpaired) electrons. The van der Waals surface area contributed by atoms with Crippen LogP contribution in [0.4, 0.5) is 39.0 Å². The third-order valence-corrected chi connectivity index (χ3v) is 2.80. The van der Waals surface area contributed by atoms with Gasteiger partial charge in [-0.2, -0.15) is 32.2 Å². The van der Waals surface area contributed by atoms with Gasteiger partial charge in [-0.25, -0.2) is 0 Å². The number of hydrogen-bond donors (Lipinski definition) is 1. The first-order valence-electron chi connectivity index (χ1n) is 6.53. The van der Waals surface area contributed by atoms with E-state index in [0.29, 0.717) is 11.4 Å². The van der Waals surface area contributed by atoms with Gasteiger partial charge < -0.3 is 5.32 Å². The lowest BCUT2D eigenvalue weighted by Gasteiger charge is -2.18. The van der Waals surface area contributed by atoms with Gasteiger partial charge in [0.25, 0.3) is 0 Å². The largest absolute Gasteiger partial charge is 0.463 e. The average Bonchev–Trinajstić information content (AvgIpc) is 2.54. The summed E-state index contributed by atoms with van der Waals surface area (Å²) in [7, 11) is 0. The summed E-state index contributed by atoms with van der Waals surface area (Å²) in [4.78, 5) is 11.1. The molecule has 1 amide bonds. The van der Waals surface area contributed by atoms with Crippen LogP contribution >= 0.6 is 0 Å². The second-order valence-electron chi connectivity index (χ2n) is 4.61. The molecule has 0 atom stereocenters. The molecular weight excluding hydrogens is 333 g/mol. The van der Waals surface area contributed by atoms with Crippen LogP contribution in [0.1, 0.15) is 0 Å². The number of azo groups is 1. The predicted molar refractivity (Wildman–Crippen MR) is 76.7 cm³/mol. The molecule has 2 rings (SSSR count). The van der Waals surface area contributed by atoms with Crippen LogP contribution in [-0.2, 0) is 4.79 Å². The first-order chi connectivity index (χ1) is 11.2. The molecular formula is C15H10F5N3O. The van der Waals surface area contributed by atoms with Gasteiger partial charge in [0.1, 0.15) is 0 Å². The van der Waals surface area contributed by atoms with Crippen LogP contribution in [0.5, 0.6) is 0 Å². The molecule has 0 aliphatic rings. The third kappa shape index (κ3) is 4.12. The zero-order valence-electron chi connectivity index (χ0n) is 11.9. The summed E-state index contributed by atoms with van der Waals surface area (Å²) in [5, 5.41) is 9.28. The summed E-state index contributed by atoms with van der Waals surface area (Å²) in [5.41, 5.74) is 0.696. The zero-order valence-corrected chi connectivity index (χ0v) is 11.9. The van der Waals surface area contributed by atoms with Crippen LogP contribution in [0.3, 0.4) is 0 Å². The van der Waals surface area contributed by atoms with Crippen molar-refractivity contribution in [2.75, 3.05) is 5.32 Å². The Kier molecular flexibility index (Phi) is 4.91. The van der Waals surface area contributed by atoms with Gasteiger partial charge >= 0.3 is 18.0 Å². The van der Waals surface area contributed by atoms with E-state index in [1.54, 1.807) is 30.3 Å². The van der Waals surface area contributed by atoms with Crippen LogP contribution < -0.4 is 5.32 Å². The first kappa shape index (κ1) is 17.5. The van der Waals surface area contributed by atoms with E-state index in [4.69, 9.17) is 0 Å². The van der Waals surface area contributed by atoms with Crippen LogP contribution in [-0.4, -0.2) is 18.0 Å². The Morgan fingerprint density at radius 3 is 1.79 bits per heavy atom. The summed E-state index contributed by atoms with van der Waals surface area (Å²) in [5.74, 6) is -7.92. The standard InChI is InChI=1S/C15H10F5N3O/c16-14(17,15(18,19)20)13(24)21-10-6-8-12(9-7-10)23-22-11-4-2-1-3-5-11/h1-9H,(H,21,24). The number of hydrogen-bond acceptors (Lipinski definition) is 3. The third-order valence-electron chi connectivity index (χ3n) is 2.80. The number of anilines is 1. The van der Waals surface area contributed by atoms with E-state index < -0.39 is 18.0 Å². The van der Waals surface area contributed by atoms with E-state index in [2.05, 4.69) is 10.2 Å². The molecule has 0 spiro atoms. The van der Waals surface area contributed by atoms with Crippen LogP contribution in [0.25, 0.3) is 0 Å². The maximum absolute atomic E-state index is 12.8. The normalized spacial score (nSPS) is 12.4. The molecule has 0 bridgehead atoms. The minimum Gasteiger partial charge on any atom is -0.321 e. The molecule has 2 aromatic rings. The molecule has 0 fully saturated rings. The number of nitrogens with zero attached hydrogens (tertiary/aromatic N) is 2. The van der Waals surface area contributed by atoms with E-state index >= 15 is 0 Å². The van der Waals surface area contributed by atoms with Crippen LogP contribution in [0.15, 0.2) is 64.8 Å². The number of amides is 1. The number of halogens is 5. The summed E-state index contributed by atoms with van der Waals surface area (Å²) in [6, 6.07) is 13.6. The SMILES string of the molecule is O=C(Nc1ccc(N=Nc2ccccc2)cc1)C(F)(F)C(F)(F)F. The molecule has 4 nitrogen and oxygen atoms in total. The monoisotopic (exact) mass is 343 g/mol. The van der Waals surface area contributed by atoms with Crippen molar-refractivity contribution in [2.45, 2.75) is 12.1 Å². The van der Waals surface area contributed by atoms with Gasteiger partial charge in [0.2, 0.25) is 0 Å². The number of alkyl halides is 5. The maximum atomic E-state index is 12.8. The van der Waals surface area contributed by atoms with Gasteiger partial charge in [-0.3, -0.25) is 4.79 Å². The van der Waals surface area contributed by atoms with Crippen molar-refractivity contribution in [1.82, 2.24) is 0 Å². The molecule has 1 N–H and O–H groups in total. The summed E-state index contributed by atoms with van der Waals surface area (Å²) in [6.07, 6.45) is -5.96. The zero-order chi connectivity index (χ0) is 17.8. The molecule has 24 heavy (non-hydrogen) atoms. The highest BCUT2D eigenvalue weighted by Gasteiger charge is 2.63. The van der Waals surface area contributed by atoms with E-state index in [1.807, 2.05) is 0 Å². The predicted octanol–water partition coefficient (Wildman–Crippen LogP) is 5.24. The Hall–Kier alpha value is -2.84. The topological polar surface area (TPSA) is 53.8 Å². The van der Waals surface area contributed by atoms with Crippen LogP contribution in [0.2, 0.25) is 0 Å². The fraction of sp³-hybridized carbons (Fsp3) is 0.133. The van der Waals surface area contributed by atoms with Gasteiger partial charge in [-0.05, 0) is 36.4 Å². The van der Waals surface area contributed by atoms with Crippen molar-refractivity contribution < 1.29 is 26.7 Å². The van der Waals surface area contributed by atoms with Crippen molar-refractivity contribution in [2.24, 2.45) is 10.2 Å². The van der Waals surface area contributed by atoms with E-state index in [9.17, 15) is 26.7 Å². The Morgan fingerprint density at radius 2 is 1.29 bits per heavy atom. The second-order valence-corrected chi connectivity index (χ2v) is 4.61. The van der Waals surface area contributed by atoms with Crippen molar-refractivity contribution in [1.29, 1.82) is 0 Å². The van der Waals surface area contributed by atoms with Gasteiger partial charge in [-0.1, -0.05) is 18.2 Å². The smallest absolute Gasteiger partial charge is 0.321 e. The lowest BCUT2D eigenvalue weighted by atomic mass is 10.2. The number of rotatable bonds is 4. The van der Waals surface area contributed by atoms with Crippen molar-refractivity contribution in [3.63, 3.8) is 0 Å². The number of carbonyl (C=O) groups is 1. The highest BCUT2D eigenvalue weighted by molar-refractivity contribution is 5.96. The minimum absolute atomic E-state index is 0.220.